The largest absolute Gasteiger partial charge is 0.309 e. The fraction of sp³-hybridized carbons (Fsp3) is 0. The summed E-state index contributed by atoms with van der Waals surface area (Å²) in [5.41, 5.74) is 8.72. The molecule has 0 spiro atoms. The van der Waals surface area contributed by atoms with Crippen molar-refractivity contribution in [1.82, 2.24) is 4.57 Å². The predicted octanol–water partition coefficient (Wildman–Crippen LogP) is 11.6. The van der Waals surface area contributed by atoms with E-state index >= 15 is 0 Å². The molecule has 200 valence electrons. The van der Waals surface area contributed by atoms with Crippen molar-refractivity contribution in [2.75, 3.05) is 0 Å². The van der Waals surface area contributed by atoms with E-state index < -0.39 is 0 Å². The van der Waals surface area contributed by atoms with E-state index in [2.05, 4.69) is 168 Å². The standard InChI is InChI=1S/C42H27N/c1-2-15-30(16-3-1)43-39-24-11-10-18-32(39)38-27-29(25-26-40(38)43)41-34-19-6-8-21-36(34)42(37-22-9-7-20-35(37)41)33-23-12-14-28-13-4-5-17-31(28)33/h1-27H. The van der Waals surface area contributed by atoms with E-state index in [4.69, 9.17) is 0 Å². The van der Waals surface area contributed by atoms with E-state index in [1.807, 2.05) is 0 Å². The van der Waals surface area contributed by atoms with Crippen LogP contribution in [0.5, 0.6) is 0 Å². The molecule has 0 radical (unpaired) electrons. The molecule has 0 aliphatic rings. The van der Waals surface area contributed by atoms with Gasteiger partial charge in [0, 0.05) is 16.5 Å². The maximum absolute atomic E-state index is 2.41. The van der Waals surface area contributed by atoms with E-state index in [9.17, 15) is 0 Å². The fourth-order valence-electron chi connectivity index (χ4n) is 7.16. The van der Waals surface area contributed by atoms with Gasteiger partial charge < -0.3 is 4.57 Å². The number of hydrogen-bond acceptors (Lipinski definition) is 0. The van der Waals surface area contributed by atoms with Crippen LogP contribution < -0.4 is 0 Å². The molecule has 9 aromatic rings. The van der Waals surface area contributed by atoms with Crippen LogP contribution in [0.25, 0.3) is 82.1 Å². The molecule has 43 heavy (non-hydrogen) atoms. The molecule has 0 N–H and O–H groups in total. The Labute approximate surface area is 249 Å². The van der Waals surface area contributed by atoms with Gasteiger partial charge >= 0.3 is 0 Å². The Hall–Kier alpha value is -5.66. The van der Waals surface area contributed by atoms with Crippen molar-refractivity contribution < 1.29 is 0 Å². The van der Waals surface area contributed by atoms with Crippen LogP contribution in [0.3, 0.4) is 0 Å². The van der Waals surface area contributed by atoms with Gasteiger partial charge in [0.25, 0.3) is 0 Å². The Morgan fingerprint density at radius 3 is 1.58 bits per heavy atom. The highest BCUT2D eigenvalue weighted by atomic mass is 15.0. The van der Waals surface area contributed by atoms with Gasteiger partial charge in [-0.25, -0.2) is 0 Å². The molecule has 0 saturated carbocycles. The average Bonchev–Trinajstić information content (AvgIpc) is 3.41. The minimum Gasteiger partial charge on any atom is -0.309 e. The monoisotopic (exact) mass is 545 g/mol. The lowest BCUT2D eigenvalue weighted by Gasteiger charge is -2.19. The highest BCUT2D eigenvalue weighted by molar-refractivity contribution is 6.24. The van der Waals surface area contributed by atoms with Crippen LogP contribution >= 0.6 is 0 Å². The zero-order valence-corrected chi connectivity index (χ0v) is 23.5. The Morgan fingerprint density at radius 1 is 0.326 bits per heavy atom. The van der Waals surface area contributed by atoms with Crippen molar-refractivity contribution in [2.24, 2.45) is 0 Å². The van der Waals surface area contributed by atoms with Gasteiger partial charge in [0.05, 0.1) is 11.0 Å². The van der Waals surface area contributed by atoms with E-state index in [-0.39, 0.29) is 0 Å². The molecule has 0 atom stereocenters. The maximum atomic E-state index is 2.41. The quantitative estimate of drug-likeness (QED) is 0.195. The van der Waals surface area contributed by atoms with E-state index in [0.717, 1.165) is 0 Å². The lowest BCUT2D eigenvalue weighted by Crippen LogP contribution is -1.93. The van der Waals surface area contributed by atoms with Crippen LogP contribution in [0.4, 0.5) is 0 Å². The summed E-state index contributed by atoms with van der Waals surface area (Å²) in [6, 6.07) is 59.7. The minimum atomic E-state index is 1.18. The molecule has 9 rings (SSSR count). The van der Waals surface area contributed by atoms with Gasteiger partial charge in [-0.05, 0) is 84.9 Å². The molecule has 0 bridgehead atoms. The van der Waals surface area contributed by atoms with Crippen LogP contribution in [-0.4, -0.2) is 4.57 Å². The first kappa shape index (κ1) is 24.0. The van der Waals surface area contributed by atoms with Crippen LogP contribution in [0.1, 0.15) is 0 Å². The van der Waals surface area contributed by atoms with Crippen molar-refractivity contribution in [3.05, 3.63) is 164 Å². The number of aromatic nitrogens is 1. The molecule has 0 aliphatic heterocycles. The van der Waals surface area contributed by atoms with E-state index in [1.54, 1.807) is 0 Å². The summed E-state index contributed by atoms with van der Waals surface area (Å²) in [5, 5.41) is 10.2. The summed E-state index contributed by atoms with van der Waals surface area (Å²) in [5.74, 6) is 0. The van der Waals surface area contributed by atoms with Gasteiger partial charge in [0.1, 0.15) is 0 Å². The molecule has 0 aliphatic carbocycles. The highest BCUT2D eigenvalue weighted by Crippen LogP contribution is 2.46. The first-order valence-electron chi connectivity index (χ1n) is 14.9. The number of rotatable bonds is 3. The summed E-state index contributed by atoms with van der Waals surface area (Å²) < 4.78 is 2.38. The number of para-hydroxylation sites is 2. The number of nitrogens with zero attached hydrogens (tertiary/aromatic N) is 1. The van der Waals surface area contributed by atoms with Gasteiger partial charge in [0.15, 0.2) is 0 Å². The summed E-state index contributed by atoms with van der Waals surface area (Å²) in [6.45, 7) is 0. The molecule has 1 aromatic heterocycles. The SMILES string of the molecule is c1ccc(-n2c3ccccc3c3cc(-c4c5ccccc5c(-c5cccc6ccccc56)c5ccccc45)ccc32)cc1. The van der Waals surface area contributed by atoms with Gasteiger partial charge in [0.2, 0.25) is 0 Å². The molecule has 1 nitrogen and oxygen atoms in total. The molecule has 0 amide bonds. The summed E-state index contributed by atoms with van der Waals surface area (Å²) >= 11 is 0. The molecule has 1 heterocycles. The summed E-state index contributed by atoms with van der Waals surface area (Å²) in [4.78, 5) is 0. The average molecular weight is 546 g/mol. The smallest absolute Gasteiger partial charge is 0.0541 e. The normalized spacial score (nSPS) is 11.7. The third-order valence-corrected chi connectivity index (χ3v) is 8.97. The Bertz CT molecular complexity index is 2440. The van der Waals surface area contributed by atoms with Gasteiger partial charge in [-0.3, -0.25) is 0 Å². The van der Waals surface area contributed by atoms with E-state index in [0.29, 0.717) is 0 Å². The van der Waals surface area contributed by atoms with Crippen molar-refractivity contribution in [3.63, 3.8) is 0 Å². The zero-order chi connectivity index (χ0) is 28.3. The van der Waals surface area contributed by atoms with Crippen molar-refractivity contribution >= 4 is 54.1 Å². The predicted molar refractivity (Wildman–Crippen MR) is 184 cm³/mol. The molecule has 0 saturated heterocycles. The third kappa shape index (κ3) is 3.58. The molecular formula is C42H27N. The Morgan fingerprint density at radius 2 is 0.860 bits per heavy atom. The molecular weight excluding hydrogens is 518 g/mol. The lowest BCUT2D eigenvalue weighted by atomic mass is 9.84. The lowest BCUT2D eigenvalue weighted by molar-refractivity contribution is 1.18. The van der Waals surface area contributed by atoms with Crippen LogP contribution in [0.2, 0.25) is 0 Å². The number of hydrogen-bond donors (Lipinski definition) is 0. The Kier molecular flexibility index (Phi) is 5.27. The summed E-state index contributed by atoms with van der Waals surface area (Å²) in [7, 11) is 0. The molecule has 0 fully saturated rings. The second-order valence-corrected chi connectivity index (χ2v) is 11.3. The van der Waals surface area contributed by atoms with Crippen molar-refractivity contribution in [3.8, 4) is 27.9 Å². The van der Waals surface area contributed by atoms with Gasteiger partial charge in [-0.2, -0.15) is 0 Å². The highest BCUT2D eigenvalue weighted by Gasteiger charge is 2.19. The van der Waals surface area contributed by atoms with Crippen LogP contribution in [-0.2, 0) is 0 Å². The molecule has 0 unspecified atom stereocenters. The van der Waals surface area contributed by atoms with Gasteiger partial charge in [-0.1, -0.05) is 133 Å². The fourth-order valence-corrected chi connectivity index (χ4v) is 7.16. The van der Waals surface area contributed by atoms with Crippen molar-refractivity contribution in [1.29, 1.82) is 0 Å². The van der Waals surface area contributed by atoms with E-state index in [1.165, 1.54) is 82.1 Å². The minimum absolute atomic E-state index is 1.18. The molecule has 1 heteroatoms. The topological polar surface area (TPSA) is 4.93 Å². The van der Waals surface area contributed by atoms with Gasteiger partial charge in [-0.15, -0.1) is 0 Å². The number of fused-ring (bicyclic) bond motifs is 6. The van der Waals surface area contributed by atoms with Crippen LogP contribution in [0, 0.1) is 0 Å². The second kappa shape index (κ2) is 9.44. The Balaban J connectivity index is 1.39. The first-order valence-corrected chi connectivity index (χ1v) is 14.9. The van der Waals surface area contributed by atoms with Crippen LogP contribution in [0.15, 0.2) is 164 Å². The maximum Gasteiger partial charge on any atom is 0.0541 e. The third-order valence-electron chi connectivity index (χ3n) is 8.97. The number of benzene rings is 8. The second-order valence-electron chi connectivity index (χ2n) is 11.3. The summed E-state index contributed by atoms with van der Waals surface area (Å²) in [6.07, 6.45) is 0. The zero-order valence-electron chi connectivity index (χ0n) is 23.5. The molecule has 8 aromatic carbocycles. The first-order chi connectivity index (χ1) is 21.4. The van der Waals surface area contributed by atoms with Crippen molar-refractivity contribution in [2.45, 2.75) is 0 Å².